The molecule has 0 saturated carbocycles. The Labute approximate surface area is 198 Å². The van der Waals surface area contributed by atoms with Gasteiger partial charge in [0.05, 0.1) is 17.7 Å². The van der Waals surface area contributed by atoms with Crippen molar-refractivity contribution in [1.82, 2.24) is 15.0 Å². The molecule has 8 nitrogen and oxygen atoms in total. The number of hydrogen-bond acceptors (Lipinski definition) is 6. The fraction of sp³-hybridized carbons (Fsp3) is 0.385. The number of carbonyl (C=O) groups is 1. The van der Waals surface area contributed by atoms with Crippen LogP contribution in [0.25, 0.3) is 22.8 Å². The van der Waals surface area contributed by atoms with Gasteiger partial charge in [0.2, 0.25) is 5.82 Å². The molecule has 0 bridgehead atoms. The summed E-state index contributed by atoms with van der Waals surface area (Å²) in [6.45, 7) is 10.3. The number of amides is 1. The van der Waals surface area contributed by atoms with E-state index in [1.54, 1.807) is 18.2 Å². The van der Waals surface area contributed by atoms with Gasteiger partial charge >= 0.3 is 6.09 Å². The Morgan fingerprint density at radius 2 is 2.06 bits per heavy atom. The Balaban J connectivity index is 1.73. The van der Waals surface area contributed by atoms with Gasteiger partial charge in [-0.2, -0.15) is 10.2 Å². The number of aromatic nitrogens is 2. The number of rotatable bonds is 4. The molecule has 8 heteroatoms. The van der Waals surface area contributed by atoms with Crippen molar-refractivity contribution in [2.75, 3.05) is 6.54 Å². The number of carboxylic acid groups (broad SMARTS) is 1. The molecule has 34 heavy (non-hydrogen) atoms. The normalized spacial score (nSPS) is 15.7. The lowest BCUT2D eigenvalue weighted by Gasteiger charge is -2.43. The van der Waals surface area contributed by atoms with E-state index in [1.807, 2.05) is 52.8 Å². The van der Waals surface area contributed by atoms with Gasteiger partial charge in [0, 0.05) is 17.7 Å². The molecule has 0 saturated heterocycles. The van der Waals surface area contributed by atoms with Crippen LogP contribution in [0.3, 0.4) is 0 Å². The van der Waals surface area contributed by atoms with Crippen molar-refractivity contribution >= 4 is 6.09 Å². The van der Waals surface area contributed by atoms with E-state index >= 15 is 0 Å². The number of nitrogens with zero attached hydrogens (tertiary/aromatic N) is 4. The second-order valence-corrected chi connectivity index (χ2v) is 9.78. The van der Waals surface area contributed by atoms with E-state index in [-0.39, 0.29) is 17.6 Å². The van der Waals surface area contributed by atoms with Crippen LogP contribution in [0.15, 0.2) is 40.9 Å². The third-order valence-corrected chi connectivity index (χ3v) is 5.86. The molecule has 1 aromatic heterocycles. The van der Waals surface area contributed by atoms with E-state index in [2.05, 4.69) is 16.2 Å². The number of nitriles is 1. The lowest BCUT2D eigenvalue weighted by molar-refractivity contribution is 0.0760. The van der Waals surface area contributed by atoms with E-state index in [1.165, 1.54) is 4.90 Å². The van der Waals surface area contributed by atoms with Crippen LogP contribution in [0.4, 0.5) is 4.79 Å². The summed E-state index contributed by atoms with van der Waals surface area (Å²) in [6.07, 6.45) is -0.407. The highest BCUT2D eigenvalue weighted by molar-refractivity contribution is 5.70. The van der Waals surface area contributed by atoms with Crippen LogP contribution in [0.5, 0.6) is 5.75 Å². The molecule has 1 aliphatic heterocycles. The molecule has 0 radical (unpaired) electrons. The zero-order valence-corrected chi connectivity index (χ0v) is 20.0. The quantitative estimate of drug-likeness (QED) is 0.532. The van der Waals surface area contributed by atoms with Crippen molar-refractivity contribution in [3.05, 3.63) is 53.1 Å². The van der Waals surface area contributed by atoms with Crippen LogP contribution in [-0.2, 0) is 6.42 Å². The van der Waals surface area contributed by atoms with Gasteiger partial charge in [-0.15, -0.1) is 0 Å². The van der Waals surface area contributed by atoms with Crippen molar-refractivity contribution in [3.8, 4) is 34.7 Å². The smallest absolute Gasteiger partial charge is 0.407 e. The Morgan fingerprint density at radius 3 is 2.71 bits per heavy atom. The molecule has 1 atom stereocenters. The van der Waals surface area contributed by atoms with Gasteiger partial charge in [-0.25, -0.2) is 4.79 Å². The Kier molecular flexibility index (Phi) is 6.05. The van der Waals surface area contributed by atoms with Crippen molar-refractivity contribution < 1.29 is 19.2 Å². The standard InChI is InChI=1S/C26H28N4O4/c1-15(2)33-21-10-9-16(13-17(21)14-27)24-28-23(29-34-24)20-8-6-7-19-18(20)11-12-30(25(31)32)22(19)26(3,4)5/h6-10,13,15,22H,11-12H2,1-5H3,(H,31,32). The predicted octanol–water partition coefficient (Wildman–Crippen LogP) is 5.69. The Hall–Kier alpha value is -3.86. The zero-order chi connectivity index (χ0) is 24.6. The minimum absolute atomic E-state index is 0.0498. The minimum Gasteiger partial charge on any atom is -0.490 e. The van der Waals surface area contributed by atoms with Gasteiger partial charge in [0.15, 0.2) is 0 Å². The van der Waals surface area contributed by atoms with Crippen LogP contribution in [0.2, 0.25) is 0 Å². The molecule has 0 fully saturated rings. The van der Waals surface area contributed by atoms with E-state index in [9.17, 15) is 15.2 Å². The van der Waals surface area contributed by atoms with E-state index in [0.29, 0.717) is 41.6 Å². The highest BCUT2D eigenvalue weighted by Gasteiger charge is 2.39. The van der Waals surface area contributed by atoms with Gasteiger partial charge < -0.3 is 19.3 Å². The monoisotopic (exact) mass is 460 g/mol. The molecule has 2 heterocycles. The summed E-state index contributed by atoms with van der Waals surface area (Å²) in [5, 5.41) is 23.5. The van der Waals surface area contributed by atoms with E-state index in [0.717, 1.165) is 16.7 Å². The molecule has 1 unspecified atom stereocenters. The summed E-state index contributed by atoms with van der Waals surface area (Å²) in [7, 11) is 0. The molecule has 176 valence electrons. The maximum absolute atomic E-state index is 11.9. The average molecular weight is 461 g/mol. The van der Waals surface area contributed by atoms with Crippen molar-refractivity contribution in [2.45, 2.75) is 53.2 Å². The largest absolute Gasteiger partial charge is 0.490 e. The molecule has 0 spiro atoms. The minimum atomic E-state index is -0.920. The number of ether oxygens (including phenoxy) is 1. The maximum atomic E-state index is 11.9. The first-order valence-electron chi connectivity index (χ1n) is 11.3. The van der Waals surface area contributed by atoms with Gasteiger partial charge in [0.1, 0.15) is 11.8 Å². The first kappa shape index (κ1) is 23.3. The van der Waals surface area contributed by atoms with Gasteiger partial charge in [0.25, 0.3) is 5.89 Å². The first-order chi connectivity index (χ1) is 16.1. The van der Waals surface area contributed by atoms with Crippen LogP contribution in [-0.4, -0.2) is 38.9 Å². The highest BCUT2D eigenvalue weighted by Crippen LogP contribution is 2.44. The first-order valence-corrected chi connectivity index (χ1v) is 11.3. The van der Waals surface area contributed by atoms with Gasteiger partial charge in [-0.3, -0.25) is 0 Å². The summed E-state index contributed by atoms with van der Waals surface area (Å²) in [4.78, 5) is 18.0. The lowest BCUT2D eigenvalue weighted by Crippen LogP contribution is -2.44. The van der Waals surface area contributed by atoms with Crippen molar-refractivity contribution in [2.24, 2.45) is 5.41 Å². The third-order valence-electron chi connectivity index (χ3n) is 5.86. The molecule has 1 aliphatic rings. The fourth-order valence-corrected chi connectivity index (χ4v) is 4.58. The van der Waals surface area contributed by atoms with Gasteiger partial charge in [-0.05, 0) is 55.0 Å². The zero-order valence-electron chi connectivity index (χ0n) is 20.0. The van der Waals surface area contributed by atoms with Gasteiger partial charge in [-0.1, -0.05) is 44.1 Å². The van der Waals surface area contributed by atoms with Crippen molar-refractivity contribution in [3.63, 3.8) is 0 Å². The van der Waals surface area contributed by atoms with Crippen LogP contribution in [0, 0.1) is 16.7 Å². The molecule has 4 rings (SSSR count). The number of benzene rings is 2. The molecule has 0 aliphatic carbocycles. The van der Waals surface area contributed by atoms with Crippen LogP contribution >= 0.6 is 0 Å². The fourth-order valence-electron chi connectivity index (χ4n) is 4.58. The average Bonchev–Trinajstić information content (AvgIpc) is 3.27. The predicted molar refractivity (Wildman–Crippen MR) is 126 cm³/mol. The lowest BCUT2D eigenvalue weighted by atomic mass is 9.76. The third kappa shape index (κ3) is 4.34. The molecule has 3 aromatic rings. The summed E-state index contributed by atoms with van der Waals surface area (Å²) < 4.78 is 11.2. The van der Waals surface area contributed by atoms with Crippen LogP contribution in [0.1, 0.15) is 57.4 Å². The van der Waals surface area contributed by atoms with E-state index in [4.69, 9.17) is 9.26 Å². The summed E-state index contributed by atoms with van der Waals surface area (Å²) in [6, 6.07) is 12.9. The summed E-state index contributed by atoms with van der Waals surface area (Å²) in [5.74, 6) is 1.24. The molecule has 1 amide bonds. The van der Waals surface area contributed by atoms with E-state index < -0.39 is 6.09 Å². The highest BCUT2D eigenvalue weighted by atomic mass is 16.5. The second-order valence-electron chi connectivity index (χ2n) is 9.78. The number of hydrogen-bond donors (Lipinski definition) is 1. The summed E-state index contributed by atoms with van der Waals surface area (Å²) in [5.41, 5.74) is 3.55. The number of fused-ring (bicyclic) bond motifs is 1. The second kappa shape index (κ2) is 8.82. The Bertz CT molecular complexity index is 1270. The van der Waals surface area contributed by atoms with Crippen molar-refractivity contribution in [1.29, 1.82) is 5.26 Å². The summed E-state index contributed by atoms with van der Waals surface area (Å²) >= 11 is 0. The Morgan fingerprint density at radius 1 is 1.29 bits per heavy atom. The SMILES string of the molecule is CC(C)Oc1ccc(-c2nc(-c3cccc4c3CCN(C(=O)O)C4C(C)(C)C)no2)cc1C#N. The topological polar surface area (TPSA) is 112 Å². The molecular formula is C26H28N4O4. The molecule has 2 aromatic carbocycles. The molecular weight excluding hydrogens is 432 g/mol. The van der Waals surface area contributed by atoms with Crippen LogP contribution < -0.4 is 4.74 Å². The molecule has 1 N–H and O–H groups in total. The maximum Gasteiger partial charge on any atom is 0.407 e.